The van der Waals surface area contributed by atoms with Gasteiger partial charge in [-0.25, -0.2) is 9.97 Å². The summed E-state index contributed by atoms with van der Waals surface area (Å²) in [7, 11) is 1.57. The van der Waals surface area contributed by atoms with E-state index in [-0.39, 0.29) is 5.91 Å². The van der Waals surface area contributed by atoms with Gasteiger partial charge < -0.3 is 5.32 Å². The van der Waals surface area contributed by atoms with Crippen molar-refractivity contribution in [2.24, 2.45) is 0 Å². The Morgan fingerprint density at radius 2 is 1.53 bits per heavy atom. The molecule has 0 spiro atoms. The number of nitrogens with zero attached hydrogens (tertiary/aromatic N) is 2. The Balaban J connectivity index is 0. The Morgan fingerprint density at radius 3 is 1.87 bits per heavy atom. The third kappa shape index (κ3) is 6.60. The molecule has 0 unspecified atom stereocenters. The molecule has 86 valence electrons. The average Bonchev–Trinajstić information content (AvgIpc) is 2.34. The first-order valence-electron chi connectivity index (χ1n) is 5.25. The Bertz CT molecular complexity index is 257. The number of nitrogens with one attached hydrogen (secondary N) is 1. The van der Waals surface area contributed by atoms with Crippen LogP contribution in [0.3, 0.4) is 0 Å². The van der Waals surface area contributed by atoms with Crippen LogP contribution in [0.5, 0.6) is 0 Å². The van der Waals surface area contributed by atoms with Crippen LogP contribution in [0.4, 0.5) is 0 Å². The van der Waals surface area contributed by atoms with Crippen molar-refractivity contribution in [3.63, 3.8) is 0 Å². The molecule has 0 aliphatic rings. The highest BCUT2D eigenvalue weighted by atomic mass is 16.1. The van der Waals surface area contributed by atoms with Crippen LogP contribution in [0, 0.1) is 6.92 Å². The molecule has 1 rings (SSSR count). The summed E-state index contributed by atoms with van der Waals surface area (Å²) in [6, 6.07) is 0. The zero-order chi connectivity index (χ0) is 12.3. The van der Waals surface area contributed by atoms with Crippen LogP contribution < -0.4 is 5.32 Å². The molecule has 0 bridgehead atoms. The molecule has 1 amide bonds. The van der Waals surface area contributed by atoms with Gasteiger partial charge in [0.25, 0.3) is 5.91 Å². The first kappa shape index (κ1) is 16.0. The van der Waals surface area contributed by atoms with Gasteiger partial charge in [0.15, 0.2) is 0 Å². The zero-order valence-electron chi connectivity index (χ0n) is 10.5. The maximum atomic E-state index is 10.9. The van der Waals surface area contributed by atoms with Crippen molar-refractivity contribution < 1.29 is 4.79 Å². The lowest BCUT2D eigenvalue weighted by atomic mass is 10.3. The van der Waals surface area contributed by atoms with E-state index in [0.29, 0.717) is 11.4 Å². The van der Waals surface area contributed by atoms with E-state index >= 15 is 0 Å². The smallest absolute Gasteiger partial charge is 0.254 e. The van der Waals surface area contributed by atoms with Gasteiger partial charge in [-0.05, 0) is 6.92 Å². The zero-order valence-corrected chi connectivity index (χ0v) is 10.5. The van der Waals surface area contributed by atoms with Crippen molar-refractivity contribution >= 4 is 5.91 Å². The summed E-state index contributed by atoms with van der Waals surface area (Å²) in [5.41, 5.74) is 0.484. The molecular weight excluding hydrogens is 190 g/mol. The number of hydrogen-bond acceptors (Lipinski definition) is 3. The molecule has 0 radical (unpaired) electrons. The Morgan fingerprint density at radius 1 is 1.13 bits per heavy atom. The summed E-state index contributed by atoms with van der Waals surface area (Å²) in [5.74, 6) is 0.502. The summed E-state index contributed by atoms with van der Waals surface area (Å²) in [5, 5.41) is 2.48. The first-order chi connectivity index (χ1) is 7.24. The van der Waals surface area contributed by atoms with Crippen molar-refractivity contribution in [3.05, 3.63) is 23.8 Å². The summed E-state index contributed by atoms with van der Waals surface area (Å²) < 4.78 is 0. The van der Waals surface area contributed by atoms with Gasteiger partial charge in [-0.15, -0.1) is 0 Å². The summed E-state index contributed by atoms with van der Waals surface area (Å²) in [6.07, 6.45) is 3.00. The second-order valence-electron chi connectivity index (χ2n) is 2.10. The average molecular weight is 211 g/mol. The molecule has 0 aromatic carbocycles. The second kappa shape index (κ2) is 10.6. The van der Waals surface area contributed by atoms with Gasteiger partial charge in [-0.2, -0.15) is 0 Å². The second-order valence-corrected chi connectivity index (χ2v) is 2.10. The van der Waals surface area contributed by atoms with Crippen LogP contribution in [-0.2, 0) is 0 Å². The number of rotatable bonds is 1. The van der Waals surface area contributed by atoms with E-state index in [1.54, 1.807) is 14.0 Å². The number of aryl methyl sites for hydroxylation is 1. The van der Waals surface area contributed by atoms with Crippen molar-refractivity contribution in [3.8, 4) is 0 Å². The Hall–Kier alpha value is -1.45. The normalized spacial score (nSPS) is 7.60. The van der Waals surface area contributed by atoms with Gasteiger partial charge in [0.05, 0.1) is 5.56 Å². The molecular formula is C11H21N3O. The molecule has 1 aromatic heterocycles. The molecule has 0 saturated carbocycles. The first-order valence-corrected chi connectivity index (χ1v) is 5.25. The van der Waals surface area contributed by atoms with Crippen LogP contribution in [0.2, 0.25) is 0 Å². The van der Waals surface area contributed by atoms with Gasteiger partial charge in [0.2, 0.25) is 0 Å². The molecule has 15 heavy (non-hydrogen) atoms. The summed E-state index contributed by atoms with van der Waals surface area (Å²) in [6.45, 7) is 9.77. The predicted octanol–water partition coefficient (Wildman–Crippen LogP) is 2.20. The molecule has 0 saturated heterocycles. The number of hydrogen-bond donors (Lipinski definition) is 1. The van der Waals surface area contributed by atoms with Crippen LogP contribution >= 0.6 is 0 Å². The Labute approximate surface area is 92.1 Å². The monoisotopic (exact) mass is 211 g/mol. The molecule has 4 nitrogen and oxygen atoms in total. The van der Waals surface area contributed by atoms with Crippen molar-refractivity contribution in [1.29, 1.82) is 0 Å². The quantitative estimate of drug-likeness (QED) is 0.774. The lowest BCUT2D eigenvalue weighted by molar-refractivity contribution is 0.0962. The van der Waals surface area contributed by atoms with Crippen LogP contribution in [-0.4, -0.2) is 22.9 Å². The fourth-order valence-corrected chi connectivity index (χ4v) is 0.654. The maximum absolute atomic E-state index is 10.9. The van der Waals surface area contributed by atoms with E-state index in [1.807, 2.05) is 27.7 Å². The number of carbonyl (C=O) groups is 1. The standard InChI is InChI=1S/C7H9N3O.2C2H6/c1-5-9-3-6(4-10-5)7(11)8-2;2*1-2/h3-4H,1-2H3,(H,8,11);2*1-2H3. The molecule has 1 aromatic rings. The van der Waals surface area contributed by atoms with E-state index in [9.17, 15) is 4.79 Å². The van der Waals surface area contributed by atoms with E-state index in [1.165, 1.54) is 12.4 Å². The minimum Gasteiger partial charge on any atom is -0.355 e. The van der Waals surface area contributed by atoms with Crippen LogP contribution in [0.15, 0.2) is 12.4 Å². The summed E-state index contributed by atoms with van der Waals surface area (Å²) in [4.78, 5) is 18.7. The molecule has 1 N–H and O–H groups in total. The predicted molar refractivity (Wildman–Crippen MR) is 62.9 cm³/mol. The highest BCUT2D eigenvalue weighted by molar-refractivity contribution is 5.93. The Kier molecular flexibility index (Phi) is 11.3. The van der Waals surface area contributed by atoms with Crippen molar-refractivity contribution in [2.45, 2.75) is 34.6 Å². The third-order valence-corrected chi connectivity index (χ3v) is 1.27. The molecule has 1 heterocycles. The van der Waals surface area contributed by atoms with E-state index in [2.05, 4.69) is 15.3 Å². The topological polar surface area (TPSA) is 54.9 Å². The fraction of sp³-hybridized carbons (Fsp3) is 0.545. The van der Waals surface area contributed by atoms with Gasteiger partial charge >= 0.3 is 0 Å². The van der Waals surface area contributed by atoms with E-state index in [0.717, 1.165) is 0 Å². The highest BCUT2D eigenvalue weighted by Crippen LogP contribution is 1.93. The maximum Gasteiger partial charge on any atom is 0.254 e. The minimum absolute atomic E-state index is 0.162. The van der Waals surface area contributed by atoms with Crippen LogP contribution in [0.25, 0.3) is 0 Å². The lowest BCUT2D eigenvalue weighted by Crippen LogP contribution is -2.18. The van der Waals surface area contributed by atoms with Crippen LogP contribution in [0.1, 0.15) is 43.9 Å². The summed E-state index contributed by atoms with van der Waals surface area (Å²) >= 11 is 0. The van der Waals surface area contributed by atoms with Gasteiger partial charge in [-0.3, -0.25) is 4.79 Å². The largest absolute Gasteiger partial charge is 0.355 e. The molecule has 0 aliphatic carbocycles. The van der Waals surface area contributed by atoms with E-state index < -0.39 is 0 Å². The molecule has 0 aliphatic heterocycles. The fourth-order valence-electron chi connectivity index (χ4n) is 0.654. The van der Waals surface area contributed by atoms with Crippen molar-refractivity contribution in [2.75, 3.05) is 7.05 Å². The lowest BCUT2D eigenvalue weighted by Gasteiger charge is -1.97. The van der Waals surface area contributed by atoms with Crippen molar-refractivity contribution in [1.82, 2.24) is 15.3 Å². The third-order valence-electron chi connectivity index (χ3n) is 1.27. The SMILES string of the molecule is CC.CC.CNC(=O)c1cnc(C)nc1. The molecule has 0 atom stereocenters. The number of amides is 1. The minimum atomic E-state index is -0.162. The van der Waals surface area contributed by atoms with Gasteiger partial charge in [-0.1, -0.05) is 27.7 Å². The van der Waals surface area contributed by atoms with Gasteiger partial charge in [0.1, 0.15) is 5.82 Å². The molecule has 0 fully saturated rings. The highest BCUT2D eigenvalue weighted by Gasteiger charge is 2.01. The van der Waals surface area contributed by atoms with E-state index in [4.69, 9.17) is 0 Å². The van der Waals surface area contributed by atoms with Gasteiger partial charge in [0, 0.05) is 19.4 Å². The molecule has 4 heteroatoms. The number of carbonyl (C=O) groups excluding carboxylic acids is 1. The number of aromatic nitrogens is 2.